The van der Waals surface area contributed by atoms with E-state index in [9.17, 15) is 0 Å². The van der Waals surface area contributed by atoms with Crippen molar-refractivity contribution >= 4 is 44.2 Å². The van der Waals surface area contributed by atoms with Crippen molar-refractivity contribution in [3.8, 4) is 39.1 Å². The van der Waals surface area contributed by atoms with Crippen molar-refractivity contribution in [2.24, 2.45) is 0 Å². The summed E-state index contributed by atoms with van der Waals surface area (Å²) in [5, 5.41) is 12.5. The van der Waals surface area contributed by atoms with Crippen molar-refractivity contribution < 1.29 is 0 Å². The van der Waals surface area contributed by atoms with Gasteiger partial charge in [0.05, 0.1) is 23.7 Å². The van der Waals surface area contributed by atoms with E-state index in [1.165, 1.54) is 83.1 Å². The fourth-order valence-corrected chi connectivity index (χ4v) is 9.19. The lowest BCUT2D eigenvalue weighted by Gasteiger charge is -2.22. The molecule has 1 aromatic heterocycles. The Balaban J connectivity index is 0.000000204. The number of hydrogen-bond donors (Lipinski definition) is 3. The molecule has 1 unspecified atom stereocenters. The summed E-state index contributed by atoms with van der Waals surface area (Å²) in [6.07, 6.45) is 18.8. The van der Waals surface area contributed by atoms with E-state index in [4.69, 9.17) is 0 Å². The van der Waals surface area contributed by atoms with E-state index in [-0.39, 0.29) is 6.04 Å². The number of hydrogen-bond acceptors (Lipinski definition) is 3. The molecule has 0 spiro atoms. The number of fused-ring (bicyclic) bond motifs is 3. The van der Waals surface area contributed by atoms with Crippen LogP contribution in [0.2, 0.25) is 0 Å². The molecule has 1 aliphatic rings. The minimum atomic E-state index is 0.206. The van der Waals surface area contributed by atoms with E-state index >= 15 is 0 Å². The highest BCUT2D eigenvalue weighted by molar-refractivity contribution is 6.10. The number of aromatic nitrogens is 1. The van der Waals surface area contributed by atoms with E-state index in [0.29, 0.717) is 0 Å². The number of nitrogens with zero attached hydrogens (tertiary/aromatic N) is 1. The summed E-state index contributed by atoms with van der Waals surface area (Å²) >= 11 is 0. The normalized spacial score (nSPS) is 12.8. The molecule has 77 heavy (non-hydrogen) atoms. The monoisotopic (exact) mass is 1010 g/mol. The lowest BCUT2D eigenvalue weighted by molar-refractivity contribution is 0.564. The average molecular weight is 1010 g/mol. The van der Waals surface area contributed by atoms with Crippen LogP contribution < -0.4 is 16.0 Å². The fraction of sp³-hybridized carbons (Fsp3) is 0.151. The molecule has 3 N–H and O–H groups in total. The molecule has 0 saturated heterocycles. The molecule has 0 fully saturated rings. The van der Waals surface area contributed by atoms with E-state index in [1.807, 2.05) is 91.2 Å². The highest BCUT2D eigenvalue weighted by atomic mass is 15.1. The first-order chi connectivity index (χ1) is 37.8. The SMILES string of the molecule is C/C=C\C(=C/C)c1cc(-c2ccc(-c3ccccc3)cc2)cc(C2C=CNCN2)c1.C=C(/C=C\C=C/C)c1cc(-c2ccc3c(c2)c2ccccc2n3-c2ccccc2)ccc1NC.C=C(C)c1ccccc1.CC.CC. The third kappa shape index (κ3) is 15.0. The first-order valence-electron chi connectivity index (χ1n) is 27.1. The number of anilines is 1. The van der Waals surface area contributed by atoms with Crippen molar-refractivity contribution in [2.75, 3.05) is 19.0 Å². The van der Waals surface area contributed by atoms with Gasteiger partial charge in [-0.15, -0.1) is 0 Å². The second kappa shape index (κ2) is 30.0. The van der Waals surface area contributed by atoms with Crippen LogP contribution in [0.25, 0.3) is 77.6 Å². The summed E-state index contributed by atoms with van der Waals surface area (Å²) in [6, 6.07) is 69.2. The van der Waals surface area contributed by atoms with Crippen LogP contribution in [0.3, 0.4) is 0 Å². The van der Waals surface area contributed by atoms with Crippen LogP contribution in [0.5, 0.6) is 0 Å². The molecule has 0 amide bonds. The molecule has 0 aliphatic carbocycles. The van der Waals surface area contributed by atoms with Gasteiger partial charge in [-0.3, -0.25) is 5.32 Å². The minimum Gasteiger partial charge on any atom is -0.388 e. The molecule has 8 aromatic carbocycles. The maximum atomic E-state index is 4.30. The lowest BCUT2D eigenvalue weighted by Crippen LogP contribution is -2.32. The summed E-state index contributed by atoms with van der Waals surface area (Å²) in [5.74, 6) is 0. The Kier molecular flexibility index (Phi) is 22.4. The molecule has 4 nitrogen and oxygen atoms in total. The third-order valence-electron chi connectivity index (χ3n) is 13.0. The Morgan fingerprint density at radius 2 is 1.13 bits per heavy atom. The van der Waals surface area contributed by atoms with Gasteiger partial charge in [0, 0.05) is 34.8 Å². The van der Waals surface area contributed by atoms with Crippen LogP contribution in [0.15, 0.2) is 262 Å². The summed E-state index contributed by atoms with van der Waals surface area (Å²) in [7, 11) is 1.95. The predicted molar refractivity (Wildman–Crippen MR) is 341 cm³/mol. The molecular formula is C73H78N4. The zero-order chi connectivity index (χ0) is 54.9. The Hall–Kier alpha value is -8.70. The van der Waals surface area contributed by atoms with E-state index in [2.05, 4.69) is 254 Å². The Morgan fingerprint density at radius 1 is 0.545 bits per heavy atom. The van der Waals surface area contributed by atoms with Gasteiger partial charge in [-0.05, 0) is 162 Å². The Morgan fingerprint density at radius 3 is 1.74 bits per heavy atom. The van der Waals surface area contributed by atoms with Gasteiger partial charge < -0.3 is 15.2 Å². The van der Waals surface area contributed by atoms with Gasteiger partial charge in [0.2, 0.25) is 0 Å². The van der Waals surface area contributed by atoms with Crippen molar-refractivity contribution in [2.45, 2.75) is 61.4 Å². The standard InChI is InChI=1S/C32H28N2.C28H28N2.C9H10.2C2H6/c1-4-5-7-12-23(2)28-21-24(17-19-30(28)33-3)25-18-20-32-29(22-25)27-15-10-11-16-31(27)34(32)26-13-8-6-9-14-26;1-3-8-21(4-2)25-17-26(19-27(18-25)28-15-16-29-20-30-28)24-13-11-23(12-14-24)22-9-6-5-7-10-22;1-8(2)9-6-4-3-5-7-9;2*1-2/h4-22,33H,2H2,1,3H3;3-19,28-30H,20H2,1-2H3;3-7H,1H2,2H3;2*1-2H3/b5-4-,12-7-;8-3-,21-4+;;;. The van der Waals surface area contributed by atoms with Crippen LogP contribution in [0.1, 0.15) is 83.7 Å². The van der Waals surface area contributed by atoms with Crippen LogP contribution in [-0.2, 0) is 0 Å². The maximum Gasteiger partial charge on any atom is 0.0655 e. The lowest BCUT2D eigenvalue weighted by atomic mass is 9.92. The molecule has 10 rings (SSSR count). The molecule has 1 atom stereocenters. The van der Waals surface area contributed by atoms with Crippen molar-refractivity contribution in [3.63, 3.8) is 0 Å². The van der Waals surface area contributed by atoms with Crippen LogP contribution in [0, 0.1) is 0 Å². The summed E-state index contributed by atoms with van der Waals surface area (Å²) in [5.41, 5.74) is 20.2. The van der Waals surface area contributed by atoms with Gasteiger partial charge in [0.25, 0.3) is 0 Å². The van der Waals surface area contributed by atoms with E-state index in [1.54, 1.807) is 0 Å². The first kappa shape index (κ1) is 57.6. The quantitative estimate of drug-likeness (QED) is 0.107. The summed E-state index contributed by atoms with van der Waals surface area (Å²) in [4.78, 5) is 0. The second-order valence-electron chi connectivity index (χ2n) is 17.9. The highest BCUT2D eigenvalue weighted by Gasteiger charge is 2.16. The molecule has 2 heterocycles. The molecule has 0 radical (unpaired) electrons. The molecule has 4 heteroatoms. The van der Waals surface area contributed by atoms with Crippen molar-refractivity contribution in [1.82, 2.24) is 15.2 Å². The van der Waals surface area contributed by atoms with Gasteiger partial charge in [-0.2, -0.15) is 0 Å². The number of allylic oxidation sites excluding steroid dienone is 10. The van der Waals surface area contributed by atoms with Gasteiger partial charge in [-0.25, -0.2) is 0 Å². The van der Waals surface area contributed by atoms with Crippen LogP contribution in [0.4, 0.5) is 5.69 Å². The predicted octanol–water partition coefficient (Wildman–Crippen LogP) is 20.1. The van der Waals surface area contributed by atoms with Crippen molar-refractivity contribution in [1.29, 1.82) is 0 Å². The molecular weight excluding hydrogens is 933 g/mol. The third-order valence-corrected chi connectivity index (χ3v) is 13.0. The topological polar surface area (TPSA) is 41.0 Å². The number of nitrogens with one attached hydrogen (secondary N) is 3. The molecule has 0 saturated carbocycles. The zero-order valence-corrected chi connectivity index (χ0v) is 46.8. The van der Waals surface area contributed by atoms with Gasteiger partial charge >= 0.3 is 0 Å². The molecule has 9 aromatic rings. The molecule has 1 aliphatic heterocycles. The number of benzene rings is 8. The van der Waals surface area contributed by atoms with E-state index < -0.39 is 0 Å². The smallest absolute Gasteiger partial charge is 0.0655 e. The second-order valence-corrected chi connectivity index (χ2v) is 17.9. The number of para-hydroxylation sites is 2. The zero-order valence-electron chi connectivity index (χ0n) is 46.8. The summed E-state index contributed by atoms with van der Waals surface area (Å²) in [6.45, 7) is 25.1. The Bertz CT molecular complexity index is 3460. The average Bonchev–Trinajstić information content (AvgIpc) is 3.94. The van der Waals surface area contributed by atoms with Gasteiger partial charge in [0.1, 0.15) is 0 Å². The van der Waals surface area contributed by atoms with E-state index in [0.717, 1.165) is 29.1 Å². The molecule has 0 bridgehead atoms. The van der Waals surface area contributed by atoms with Crippen molar-refractivity contribution in [3.05, 3.63) is 284 Å². The van der Waals surface area contributed by atoms with Crippen LogP contribution in [-0.4, -0.2) is 18.3 Å². The highest BCUT2D eigenvalue weighted by Crippen LogP contribution is 2.37. The maximum absolute atomic E-state index is 4.30. The minimum absolute atomic E-state index is 0.206. The number of rotatable bonds is 12. The summed E-state index contributed by atoms with van der Waals surface area (Å²) < 4.78 is 2.35. The first-order valence-corrected chi connectivity index (χ1v) is 27.1. The Labute approximate surface area is 461 Å². The molecule has 390 valence electrons. The largest absolute Gasteiger partial charge is 0.388 e. The van der Waals surface area contributed by atoms with Crippen LogP contribution >= 0.6 is 0 Å². The van der Waals surface area contributed by atoms with Gasteiger partial charge in [0.15, 0.2) is 0 Å². The van der Waals surface area contributed by atoms with Gasteiger partial charge in [-0.1, -0.05) is 222 Å². The fourth-order valence-electron chi connectivity index (χ4n) is 9.19.